The van der Waals surface area contributed by atoms with E-state index in [-0.39, 0.29) is 11.9 Å². The molecule has 1 aliphatic rings. The van der Waals surface area contributed by atoms with Crippen molar-refractivity contribution >= 4 is 22.4 Å². The first kappa shape index (κ1) is 12.4. The molecule has 1 aliphatic heterocycles. The Bertz CT molecular complexity index is 393. The van der Waals surface area contributed by atoms with E-state index in [1.807, 2.05) is 6.92 Å². The van der Waals surface area contributed by atoms with Crippen LogP contribution in [-0.4, -0.2) is 28.7 Å². The Morgan fingerprint density at radius 2 is 2.41 bits per heavy atom. The molecule has 6 heteroatoms. The Balaban J connectivity index is 1.91. The van der Waals surface area contributed by atoms with Gasteiger partial charge in [0.2, 0.25) is 11.0 Å². The number of piperidine rings is 1. The van der Waals surface area contributed by atoms with Crippen molar-refractivity contribution in [3.63, 3.8) is 0 Å². The van der Waals surface area contributed by atoms with E-state index in [1.54, 1.807) is 0 Å². The first-order chi connectivity index (χ1) is 8.19. The number of amides is 1. The van der Waals surface area contributed by atoms with Crippen LogP contribution in [0.4, 0.5) is 5.13 Å². The minimum atomic E-state index is -0.0853. The number of aryl methyl sites for hydroxylation is 1. The van der Waals surface area contributed by atoms with Gasteiger partial charge in [-0.2, -0.15) is 0 Å². The van der Waals surface area contributed by atoms with Crippen LogP contribution >= 0.6 is 11.3 Å². The van der Waals surface area contributed by atoms with Crippen LogP contribution in [0.15, 0.2) is 0 Å². The van der Waals surface area contributed by atoms with Crippen LogP contribution in [0.2, 0.25) is 0 Å². The van der Waals surface area contributed by atoms with Crippen molar-refractivity contribution in [2.24, 2.45) is 5.92 Å². The second-order valence-electron chi connectivity index (χ2n) is 4.42. The fraction of sp³-hybridized carbons (Fsp3) is 0.727. The lowest BCUT2D eigenvalue weighted by Crippen LogP contribution is -2.46. The van der Waals surface area contributed by atoms with Crippen molar-refractivity contribution < 1.29 is 4.79 Å². The molecule has 2 unspecified atom stereocenters. The molecular formula is C11H18N4OS. The molecule has 0 spiro atoms. The Labute approximate surface area is 105 Å². The fourth-order valence-corrected chi connectivity index (χ4v) is 2.70. The highest BCUT2D eigenvalue weighted by atomic mass is 32.1. The minimum absolute atomic E-state index is 0.0132. The maximum absolute atomic E-state index is 12.0. The van der Waals surface area contributed by atoms with Crippen molar-refractivity contribution in [1.82, 2.24) is 15.5 Å². The van der Waals surface area contributed by atoms with Crippen LogP contribution in [0.3, 0.4) is 0 Å². The summed E-state index contributed by atoms with van der Waals surface area (Å²) in [5, 5.41) is 15.3. The maximum atomic E-state index is 12.0. The number of carbonyl (C=O) groups excluding carboxylic acids is 1. The van der Waals surface area contributed by atoms with Gasteiger partial charge in [-0.25, -0.2) is 0 Å². The Morgan fingerprint density at radius 1 is 1.59 bits per heavy atom. The zero-order valence-corrected chi connectivity index (χ0v) is 11.0. The van der Waals surface area contributed by atoms with Crippen molar-refractivity contribution in [1.29, 1.82) is 0 Å². The highest BCUT2D eigenvalue weighted by molar-refractivity contribution is 7.15. The van der Waals surface area contributed by atoms with E-state index in [9.17, 15) is 4.79 Å². The van der Waals surface area contributed by atoms with Gasteiger partial charge < -0.3 is 5.32 Å². The molecule has 1 amide bonds. The molecule has 5 nitrogen and oxygen atoms in total. The summed E-state index contributed by atoms with van der Waals surface area (Å²) in [7, 11) is 0. The number of nitrogens with one attached hydrogen (secondary N) is 2. The number of aromatic nitrogens is 2. The summed E-state index contributed by atoms with van der Waals surface area (Å²) in [5.74, 6) is 0.669. The molecule has 17 heavy (non-hydrogen) atoms. The van der Waals surface area contributed by atoms with Gasteiger partial charge in [-0.3, -0.25) is 10.1 Å². The molecule has 1 aromatic rings. The summed E-state index contributed by atoms with van der Waals surface area (Å²) in [6, 6.07) is -0.0853. The number of rotatable bonds is 3. The molecule has 0 bridgehead atoms. The van der Waals surface area contributed by atoms with E-state index in [2.05, 4.69) is 27.8 Å². The third-order valence-corrected chi connectivity index (χ3v) is 3.92. The molecule has 2 atom stereocenters. The van der Waals surface area contributed by atoms with Crippen LogP contribution in [0.1, 0.15) is 31.2 Å². The average Bonchev–Trinajstić information content (AvgIpc) is 2.75. The van der Waals surface area contributed by atoms with E-state index < -0.39 is 0 Å². The molecule has 2 heterocycles. The van der Waals surface area contributed by atoms with Crippen molar-refractivity contribution in [3.05, 3.63) is 5.01 Å². The Kier molecular flexibility index (Phi) is 4.06. The molecule has 0 aliphatic carbocycles. The van der Waals surface area contributed by atoms with E-state index in [1.165, 1.54) is 11.3 Å². The average molecular weight is 254 g/mol. The van der Waals surface area contributed by atoms with Gasteiger partial charge in [-0.15, -0.1) is 10.2 Å². The third-order valence-electron chi connectivity index (χ3n) is 3.16. The minimum Gasteiger partial charge on any atom is -0.306 e. The predicted octanol–water partition coefficient (Wildman–Crippen LogP) is 1.56. The third kappa shape index (κ3) is 3.23. The second-order valence-corrected chi connectivity index (χ2v) is 5.60. The van der Waals surface area contributed by atoms with Crippen LogP contribution in [0.5, 0.6) is 0 Å². The number of carbonyl (C=O) groups is 1. The number of nitrogens with zero attached hydrogens (tertiary/aromatic N) is 2. The molecule has 2 N–H and O–H groups in total. The van der Waals surface area contributed by atoms with E-state index in [4.69, 9.17) is 0 Å². The van der Waals surface area contributed by atoms with Gasteiger partial charge >= 0.3 is 0 Å². The van der Waals surface area contributed by atoms with Crippen LogP contribution in [-0.2, 0) is 4.79 Å². The summed E-state index contributed by atoms with van der Waals surface area (Å²) >= 11 is 1.40. The summed E-state index contributed by atoms with van der Waals surface area (Å²) in [6.07, 6.45) is 3.22. The monoisotopic (exact) mass is 254 g/mol. The lowest BCUT2D eigenvalue weighted by atomic mass is 9.90. The summed E-state index contributed by atoms with van der Waals surface area (Å²) < 4.78 is 0. The zero-order valence-electron chi connectivity index (χ0n) is 10.2. The number of anilines is 1. The highest BCUT2D eigenvalue weighted by Crippen LogP contribution is 2.21. The van der Waals surface area contributed by atoms with Crippen molar-refractivity contribution in [3.8, 4) is 0 Å². The Morgan fingerprint density at radius 3 is 3.06 bits per heavy atom. The summed E-state index contributed by atoms with van der Waals surface area (Å²) in [5.41, 5.74) is 0. The molecule has 0 aromatic carbocycles. The molecule has 0 radical (unpaired) electrons. The molecule has 0 saturated carbocycles. The maximum Gasteiger partial charge on any atom is 0.243 e. The van der Waals surface area contributed by atoms with Gasteiger partial charge in [0.05, 0.1) is 6.04 Å². The van der Waals surface area contributed by atoms with Gasteiger partial charge in [-0.05, 0) is 32.2 Å². The Hall–Kier alpha value is -1.01. The first-order valence-electron chi connectivity index (χ1n) is 6.03. The topological polar surface area (TPSA) is 66.9 Å². The zero-order chi connectivity index (χ0) is 12.3. The number of hydrogen-bond donors (Lipinski definition) is 2. The molecular weight excluding hydrogens is 236 g/mol. The normalized spacial score (nSPS) is 24.6. The van der Waals surface area contributed by atoms with Gasteiger partial charge in [-0.1, -0.05) is 24.7 Å². The molecule has 1 fully saturated rings. The van der Waals surface area contributed by atoms with Gasteiger partial charge in [0.15, 0.2) is 0 Å². The smallest absolute Gasteiger partial charge is 0.243 e. The van der Waals surface area contributed by atoms with Gasteiger partial charge in [0.1, 0.15) is 5.01 Å². The van der Waals surface area contributed by atoms with Gasteiger partial charge in [0, 0.05) is 0 Å². The quantitative estimate of drug-likeness (QED) is 0.859. The van der Waals surface area contributed by atoms with E-state index in [0.717, 1.165) is 30.8 Å². The summed E-state index contributed by atoms with van der Waals surface area (Å²) in [6.45, 7) is 4.98. The number of hydrogen-bond acceptors (Lipinski definition) is 5. The standard InChI is InChI=1S/C11H18N4OS/c1-3-8-4-5-12-9(6-8)10(16)13-11-15-14-7(2)17-11/h8-9,12H,3-6H2,1-2H3,(H,13,15,16). The lowest BCUT2D eigenvalue weighted by Gasteiger charge is -2.28. The molecule has 1 saturated heterocycles. The van der Waals surface area contributed by atoms with Crippen molar-refractivity contribution in [2.45, 2.75) is 39.2 Å². The fourth-order valence-electron chi connectivity index (χ4n) is 2.11. The highest BCUT2D eigenvalue weighted by Gasteiger charge is 2.26. The van der Waals surface area contributed by atoms with E-state index in [0.29, 0.717) is 11.0 Å². The van der Waals surface area contributed by atoms with Crippen LogP contribution < -0.4 is 10.6 Å². The largest absolute Gasteiger partial charge is 0.306 e. The second kappa shape index (κ2) is 5.55. The predicted molar refractivity (Wildman–Crippen MR) is 68.1 cm³/mol. The van der Waals surface area contributed by atoms with Crippen LogP contribution in [0, 0.1) is 12.8 Å². The van der Waals surface area contributed by atoms with Crippen LogP contribution in [0.25, 0.3) is 0 Å². The molecule has 94 valence electrons. The van der Waals surface area contributed by atoms with Crippen molar-refractivity contribution in [2.75, 3.05) is 11.9 Å². The lowest BCUT2D eigenvalue weighted by molar-refractivity contribution is -0.119. The summed E-state index contributed by atoms with van der Waals surface area (Å²) in [4.78, 5) is 12.0. The molecule has 2 rings (SSSR count). The van der Waals surface area contributed by atoms with E-state index >= 15 is 0 Å². The van der Waals surface area contributed by atoms with Gasteiger partial charge in [0.25, 0.3) is 0 Å². The first-order valence-corrected chi connectivity index (χ1v) is 6.85. The molecule has 1 aromatic heterocycles. The SMILES string of the molecule is CCC1CCNC(C(=O)Nc2nnc(C)s2)C1.